The van der Waals surface area contributed by atoms with Crippen LogP contribution in [0.3, 0.4) is 0 Å². The molecule has 3 nitrogen and oxygen atoms in total. The number of likely N-dealkylation sites (tertiary alicyclic amines) is 1. The Morgan fingerprint density at radius 3 is 2.68 bits per heavy atom. The van der Waals surface area contributed by atoms with Crippen molar-refractivity contribution in [1.82, 2.24) is 4.90 Å². The van der Waals surface area contributed by atoms with Crippen LogP contribution in [0, 0.1) is 0 Å². The Bertz CT molecular complexity index is 377. The molecular formula is C16H25NO2. The van der Waals surface area contributed by atoms with Crippen molar-refractivity contribution in [3.8, 4) is 5.75 Å². The Labute approximate surface area is 116 Å². The zero-order chi connectivity index (χ0) is 13.7. The molecule has 106 valence electrons. The third-order valence-corrected chi connectivity index (χ3v) is 3.84. The fourth-order valence-corrected chi connectivity index (χ4v) is 2.60. The van der Waals surface area contributed by atoms with Crippen molar-refractivity contribution in [3.05, 3.63) is 29.8 Å². The summed E-state index contributed by atoms with van der Waals surface area (Å²) in [6.45, 7) is 6.91. The second-order valence-electron chi connectivity index (χ2n) is 5.42. The highest BCUT2D eigenvalue weighted by Gasteiger charge is 2.22. The van der Waals surface area contributed by atoms with Crippen LogP contribution in [0.25, 0.3) is 0 Å². The highest BCUT2D eigenvalue weighted by Crippen LogP contribution is 2.23. The standard InChI is InChI=1S/C16H25NO2/c1-3-11-19-15-8-6-14(7-9-15)16(18)12-17-10-4-5-13(17)2/h6-9,13,16,18H,3-5,10-12H2,1-2H3. The van der Waals surface area contributed by atoms with E-state index in [1.807, 2.05) is 24.3 Å². The van der Waals surface area contributed by atoms with E-state index < -0.39 is 6.10 Å². The number of benzene rings is 1. The summed E-state index contributed by atoms with van der Waals surface area (Å²) < 4.78 is 5.55. The molecule has 0 saturated carbocycles. The molecule has 1 aliphatic heterocycles. The van der Waals surface area contributed by atoms with Crippen LogP contribution in [0.2, 0.25) is 0 Å². The van der Waals surface area contributed by atoms with Gasteiger partial charge in [0.15, 0.2) is 0 Å². The van der Waals surface area contributed by atoms with Gasteiger partial charge in [-0.05, 0) is 50.4 Å². The normalized spacial score (nSPS) is 21.5. The van der Waals surface area contributed by atoms with Crippen molar-refractivity contribution in [3.63, 3.8) is 0 Å². The lowest BCUT2D eigenvalue weighted by molar-refractivity contribution is 0.110. The average molecular weight is 263 g/mol. The molecular weight excluding hydrogens is 238 g/mol. The molecule has 3 heteroatoms. The summed E-state index contributed by atoms with van der Waals surface area (Å²) in [5.74, 6) is 0.882. The van der Waals surface area contributed by atoms with E-state index >= 15 is 0 Å². The van der Waals surface area contributed by atoms with Crippen molar-refractivity contribution in [1.29, 1.82) is 0 Å². The number of hydrogen-bond acceptors (Lipinski definition) is 3. The van der Waals surface area contributed by atoms with Crippen molar-refractivity contribution < 1.29 is 9.84 Å². The molecule has 2 unspecified atom stereocenters. The summed E-state index contributed by atoms with van der Waals surface area (Å²) in [6.07, 6.45) is 3.10. The maximum Gasteiger partial charge on any atom is 0.119 e. The SMILES string of the molecule is CCCOc1ccc(C(O)CN2CCCC2C)cc1. The number of ether oxygens (including phenoxy) is 1. The molecule has 1 fully saturated rings. The van der Waals surface area contributed by atoms with Gasteiger partial charge in [-0.3, -0.25) is 4.90 Å². The number of rotatable bonds is 6. The Kier molecular flexibility index (Phi) is 5.23. The van der Waals surface area contributed by atoms with Crippen LogP contribution in [0.5, 0.6) is 5.75 Å². The predicted molar refractivity (Wildman–Crippen MR) is 77.5 cm³/mol. The molecule has 1 heterocycles. The van der Waals surface area contributed by atoms with Gasteiger partial charge in [0.1, 0.15) is 5.75 Å². The first-order valence-electron chi connectivity index (χ1n) is 7.35. The molecule has 2 rings (SSSR count). The number of aliphatic hydroxyl groups excluding tert-OH is 1. The summed E-state index contributed by atoms with van der Waals surface area (Å²) in [4.78, 5) is 2.37. The molecule has 1 aromatic rings. The van der Waals surface area contributed by atoms with E-state index in [0.717, 1.165) is 37.4 Å². The van der Waals surface area contributed by atoms with E-state index in [9.17, 15) is 5.11 Å². The summed E-state index contributed by atoms with van der Waals surface area (Å²) in [7, 11) is 0. The lowest BCUT2D eigenvalue weighted by atomic mass is 10.1. The zero-order valence-electron chi connectivity index (χ0n) is 12.0. The first-order chi connectivity index (χ1) is 9.20. The monoisotopic (exact) mass is 263 g/mol. The molecule has 0 aliphatic carbocycles. The van der Waals surface area contributed by atoms with Gasteiger partial charge in [-0.2, -0.15) is 0 Å². The van der Waals surface area contributed by atoms with E-state index in [1.165, 1.54) is 12.8 Å². The molecule has 0 amide bonds. The topological polar surface area (TPSA) is 32.7 Å². The van der Waals surface area contributed by atoms with Gasteiger partial charge in [-0.25, -0.2) is 0 Å². The fraction of sp³-hybridized carbons (Fsp3) is 0.625. The van der Waals surface area contributed by atoms with Crippen LogP contribution >= 0.6 is 0 Å². The van der Waals surface area contributed by atoms with Crippen LogP contribution < -0.4 is 4.74 Å². The van der Waals surface area contributed by atoms with E-state index in [4.69, 9.17) is 4.74 Å². The lowest BCUT2D eigenvalue weighted by Gasteiger charge is -2.24. The largest absolute Gasteiger partial charge is 0.494 e. The van der Waals surface area contributed by atoms with E-state index in [0.29, 0.717) is 6.04 Å². The van der Waals surface area contributed by atoms with Gasteiger partial charge >= 0.3 is 0 Å². The quantitative estimate of drug-likeness (QED) is 0.856. The van der Waals surface area contributed by atoms with Gasteiger partial charge in [0.25, 0.3) is 0 Å². The average Bonchev–Trinajstić information content (AvgIpc) is 2.82. The van der Waals surface area contributed by atoms with Crippen molar-refractivity contribution >= 4 is 0 Å². The van der Waals surface area contributed by atoms with Gasteiger partial charge in [0, 0.05) is 12.6 Å². The van der Waals surface area contributed by atoms with Gasteiger partial charge in [0.2, 0.25) is 0 Å². The van der Waals surface area contributed by atoms with Crippen LogP contribution in [-0.2, 0) is 0 Å². The van der Waals surface area contributed by atoms with Crippen LogP contribution in [-0.4, -0.2) is 35.7 Å². The second-order valence-corrected chi connectivity index (χ2v) is 5.42. The minimum Gasteiger partial charge on any atom is -0.494 e. The lowest BCUT2D eigenvalue weighted by Crippen LogP contribution is -2.31. The molecule has 1 aliphatic rings. The maximum absolute atomic E-state index is 10.3. The van der Waals surface area contributed by atoms with Gasteiger partial charge in [-0.15, -0.1) is 0 Å². The van der Waals surface area contributed by atoms with Crippen molar-refractivity contribution in [2.75, 3.05) is 19.7 Å². The van der Waals surface area contributed by atoms with Gasteiger partial charge < -0.3 is 9.84 Å². The smallest absolute Gasteiger partial charge is 0.119 e. The second kappa shape index (κ2) is 6.92. The summed E-state index contributed by atoms with van der Waals surface area (Å²) in [5.41, 5.74) is 0.975. The van der Waals surface area contributed by atoms with E-state index in [1.54, 1.807) is 0 Å². The molecule has 19 heavy (non-hydrogen) atoms. The first kappa shape index (κ1) is 14.4. The number of β-amino-alcohol motifs (C(OH)–C–C–N with tert-alkyl or cyclic N) is 1. The molecule has 2 atom stereocenters. The third kappa shape index (κ3) is 3.95. The minimum absolute atomic E-state index is 0.402. The van der Waals surface area contributed by atoms with Crippen LogP contribution in [0.1, 0.15) is 44.8 Å². The first-order valence-corrected chi connectivity index (χ1v) is 7.35. The van der Waals surface area contributed by atoms with Gasteiger partial charge in [0.05, 0.1) is 12.7 Å². The molecule has 1 aromatic carbocycles. The highest BCUT2D eigenvalue weighted by molar-refractivity contribution is 5.28. The maximum atomic E-state index is 10.3. The highest BCUT2D eigenvalue weighted by atomic mass is 16.5. The molecule has 0 radical (unpaired) electrons. The summed E-state index contributed by atoms with van der Waals surface area (Å²) in [5, 5.41) is 10.3. The van der Waals surface area contributed by atoms with Crippen molar-refractivity contribution in [2.24, 2.45) is 0 Å². The van der Waals surface area contributed by atoms with Crippen molar-refractivity contribution in [2.45, 2.75) is 45.3 Å². The molecule has 0 aromatic heterocycles. The fourth-order valence-electron chi connectivity index (χ4n) is 2.60. The minimum atomic E-state index is -0.402. The molecule has 0 bridgehead atoms. The predicted octanol–water partition coefficient (Wildman–Crippen LogP) is 2.99. The van der Waals surface area contributed by atoms with Crippen LogP contribution in [0.15, 0.2) is 24.3 Å². The van der Waals surface area contributed by atoms with Crippen LogP contribution in [0.4, 0.5) is 0 Å². The Morgan fingerprint density at radius 2 is 2.11 bits per heavy atom. The molecule has 1 N–H and O–H groups in total. The molecule has 1 saturated heterocycles. The Morgan fingerprint density at radius 1 is 1.37 bits per heavy atom. The Hall–Kier alpha value is -1.06. The summed E-state index contributed by atoms with van der Waals surface area (Å²) in [6, 6.07) is 8.43. The number of hydrogen-bond donors (Lipinski definition) is 1. The van der Waals surface area contributed by atoms with E-state index in [-0.39, 0.29) is 0 Å². The number of aliphatic hydroxyl groups is 1. The molecule has 0 spiro atoms. The summed E-state index contributed by atoms with van der Waals surface area (Å²) >= 11 is 0. The third-order valence-electron chi connectivity index (χ3n) is 3.84. The van der Waals surface area contributed by atoms with E-state index in [2.05, 4.69) is 18.7 Å². The number of nitrogens with zero attached hydrogens (tertiary/aromatic N) is 1. The Balaban J connectivity index is 1.89. The van der Waals surface area contributed by atoms with Gasteiger partial charge in [-0.1, -0.05) is 19.1 Å². The zero-order valence-corrected chi connectivity index (χ0v) is 12.0.